The molecular formula is C22H19N5OS. The summed E-state index contributed by atoms with van der Waals surface area (Å²) < 4.78 is 5.18. The van der Waals surface area contributed by atoms with Crippen LogP contribution in [0.3, 0.4) is 0 Å². The standard InChI is InChI=1S/C22H19N5OS/c1-28-16-8-6-15(7-9-16)10-12-24-22-25-13-11-18(27-22)17(14-23)21-26-19-4-2-3-5-20(19)29-21/h2-9,11,13,26H,10,12H2,1H3,(H,24,25,27)/b21-17+. The van der Waals surface area contributed by atoms with Gasteiger partial charge in [-0.2, -0.15) is 5.26 Å². The zero-order valence-corrected chi connectivity index (χ0v) is 16.7. The van der Waals surface area contributed by atoms with E-state index in [4.69, 9.17) is 4.74 Å². The van der Waals surface area contributed by atoms with E-state index in [-0.39, 0.29) is 0 Å². The van der Waals surface area contributed by atoms with Crippen molar-refractivity contribution in [3.63, 3.8) is 0 Å². The van der Waals surface area contributed by atoms with Crippen LogP contribution in [0.2, 0.25) is 0 Å². The summed E-state index contributed by atoms with van der Waals surface area (Å²) in [6, 6.07) is 20.0. The highest BCUT2D eigenvalue weighted by Gasteiger charge is 2.20. The number of para-hydroxylation sites is 1. The Labute approximate surface area is 173 Å². The number of rotatable bonds is 6. The summed E-state index contributed by atoms with van der Waals surface area (Å²) in [5.41, 5.74) is 3.30. The zero-order chi connectivity index (χ0) is 20.1. The molecular weight excluding hydrogens is 382 g/mol. The second-order valence-corrected chi connectivity index (χ2v) is 7.38. The number of nitrogens with one attached hydrogen (secondary N) is 2. The van der Waals surface area contributed by atoms with Crippen LogP contribution in [0.5, 0.6) is 5.75 Å². The Morgan fingerprint density at radius 3 is 2.76 bits per heavy atom. The quantitative estimate of drug-likeness (QED) is 0.586. The monoisotopic (exact) mass is 401 g/mol. The highest BCUT2D eigenvalue weighted by atomic mass is 32.2. The van der Waals surface area contributed by atoms with Gasteiger partial charge in [0, 0.05) is 17.6 Å². The molecule has 1 aliphatic rings. The number of benzene rings is 2. The molecule has 0 unspecified atom stereocenters. The number of aromatic nitrogens is 2. The lowest BCUT2D eigenvalue weighted by atomic mass is 10.1. The van der Waals surface area contributed by atoms with Crippen LogP contribution in [-0.4, -0.2) is 23.6 Å². The molecule has 1 aromatic heterocycles. The molecule has 0 saturated carbocycles. The summed E-state index contributed by atoms with van der Waals surface area (Å²) in [7, 11) is 1.66. The predicted octanol–water partition coefficient (Wildman–Crippen LogP) is 4.55. The van der Waals surface area contributed by atoms with Gasteiger partial charge in [-0.1, -0.05) is 36.0 Å². The molecule has 0 radical (unpaired) electrons. The molecule has 29 heavy (non-hydrogen) atoms. The van der Waals surface area contributed by atoms with E-state index in [9.17, 15) is 5.26 Å². The van der Waals surface area contributed by atoms with Crippen molar-refractivity contribution in [1.29, 1.82) is 5.26 Å². The van der Waals surface area contributed by atoms with Gasteiger partial charge in [0.05, 0.1) is 23.5 Å². The predicted molar refractivity (Wildman–Crippen MR) is 116 cm³/mol. The van der Waals surface area contributed by atoms with E-state index >= 15 is 0 Å². The van der Waals surface area contributed by atoms with Gasteiger partial charge in [-0.3, -0.25) is 0 Å². The zero-order valence-electron chi connectivity index (χ0n) is 15.8. The topological polar surface area (TPSA) is 82.9 Å². The maximum absolute atomic E-state index is 9.73. The normalized spacial score (nSPS) is 13.8. The Morgan fingerprint density at radius 2 is 2.00 bits per heavy atom. The van der Waals surface area contributed by atoms with Crippen molar-refractivity contribution >= 4 is 29.0 Å². The third-order valence-corrected chi connectivity index (χ3v) is 5.54. The van der Waals surface area contributed by atoms with Gasteiger partial charge >= 0.3 is 0 Å². The molecule has 1 aliphatic heterocycles. The van der Waals surface area contributed by atoms with Crippen LogP contribution in [0, 0.1) is 11.3 Å². The number of methoxy groups -OCH3 is 1. The third-order valence-electron chi connectivity index (χ3n) is 4.45. The van der Waals surface area contributed by atoms with Crippen LogP contribution in [0.1, 0.15) is 11.3 Å². The lowest BCUT2D eigenvalue weighted by Crippen LogP contribution is -2.09. The molecule has 0 atom stereocenters. The van der Waals surface area contributed by atoms with Gasteiger partial charge in [0.25, 0.3) is 0 Å². The lowest BCUT2D eigenvalue weighted by molar-refractivity contribution is 0.414. The molecule has 0 spiro atoms. The average Bonchev–Trinajstić information content (AvgIpc) is 3.19. The van der Waals surface area contributed by atoms with Gasteiger partial charge in [0.1, 0.15) is 17.4 Å². The fourth-order valence-corrected chi connectivity index (χ4v) is 3.96. The number of nitriles is 1. The highest BCUT2D eigenvalue weighted by molar-refractivity contribution is 8.04. The van der Waals surface area contributed by atoms with Crippen LogP contribution in [0.15, 0.2) is 70.7 Å². The molecule has 0 saturated heterocycles. The van der Waals surface area contributed by atoms with Crippen molar-refractivity contribution < 1.29 is 4.74 Å². The van der Waals surface area contributed by atoms with Gasteiger partial charge in [-0.25, -0.2) is 9.97 Å². The van der Waals surface area contributed by atoms with E-state index < -0.39 is 0 Å². The van der Waals surface area contributed by atoms with Crippen molar-refractivity contribution in [2.24, 2.45) is 0 Å². The van der Waals surface area contributed by atoms with Crippen molar-refractivity contribution in [2.75, 3.05) is 24.3 Å². The highest BCUT2D eigenvalue weighted by Crippen LogP contribution is 2.43. The molecule has 4 rings (SSSR count). The molecule has 0 aliphatic carbocycles. The van der Waals surface area contributed by atoms with E-state index in [0.717, 1.165) is 27.8 Å². The number of fused-ring (bicyclic) bond motifs is 1. The number of thioether (sulfide) groups is 1. The Morgan fingerprint density at radius 1 is 1.17 bits per heavy atom. The van der Waals surface area contributed by atoms with E-state index in [1.165, 1.54) is 5.56 Å². The Balaban J connectivity index is 1.45. The second-order valence-electron chi connectivity index (χ2n) is 6.33. The summed E-state index contributed by atoms with van der Waals surface area (Å²) >= 11 is 1.54. The molecule has 7 heteroatoms. The van der Waals surface area contributed by atoms with E-state index in [2.05, 4.69) is 26.7 Å². The number of anilines is 2. The van der Waals surface area contributed by atoms with Gasteiger partial charge in [0.2, 0.25) is 5.95 Å². The van der Waals surface area contributed by atoms with E-state index in [1.54, 1.807) is 31.1 Å². The summed E-state index contributed by atoms with van der Waals surface area (Å²) in [5.74, 6) is 1.35. The maximum Gasteiger partial charge on any atom is 0.223 e. The number of ether oxygens (including phenoxy) is 1. The summed E-state index contributed by atoms with van der Waals surface area (Å²) in [6.45, 7) is 0.687. The smallest absolute Gasteiger partial charge is 0.223 e. The van der Waals surface area contributed by atoms with E-state index in [0.29, 0.717) is 23.8 Å². The van der Waals surface area contributed by atoms with Crippen molar-refractivity contribution in [3.8, 4) is 11.8 Å². The lowest BCUT2D eigenvalue weighted by Gasteiger charge is -2.08. The first-order valence-electron chi connectivity index (χ1n) is 9.15. The first-order valence-corrected chi connectivity index (χ1v) is 9.97. The Kier molecular flexibility index (Phi) is 5.63. The van der Waals surface area contributed by atoms with Gasteiger partial charge in [-0.05, 0) is 42.3 Å². The van der Waals surface area contributed by atoms with Crippen LogP contribution in [0.25, 0.3) is 5.57 Å². The average molecular weight is 401 g/mol. The molecule has 0 amide bonds. The molecule has 144 valence electrons. The van der Waals surface area contributed by atoms with Crippen LogP contribution < -0.4 is 15.4 Å². The number of nitrogens with zero attached hydrogens (tertiary/aromatic N) is 3. The van der Waals surface area contributed by atoms with Crippen molar-refractivity contribution in [3.05, 3.63) is 77.1 Å². The molecule has 0 bridgehead atoms. The summed E-state index contributed by atoms with van der Waals surface area (Å²) in [5, 5.41) is 17.1. The molecule has 2 N–H and O–H groups in total. The summed E-state index contributed by atoms with van der Waals surface area (Å²) in [4.78, 5) is 9.91. The molecule has 3 aromatic rings. The fourth-order valence-electron chi connectivity index (χ4n) is 2.95. The first-order chi connectivity index (χ1) is 14.3. The third kappa shape index (κ3) is 4.33. The maximum atomic E-state index is 9.73. The largest absolute Gasteiger partial charge is 0.497 e. The molecule has 2 aromatic carbocycles. The minimum Gasteiger partial charge on any atom is -0.497 e. The van der Waals surface area contributed by atoms with Gasteiger partial charge in [-0.15, -0.1) is 0 Å². The number of hydrogen-bond acceptors (Lipinski definition) is 7. The summed E-state index contributed by atoms with van der Waals surface area (Å²) in [6.07, 6.45) is 2.50. The second kappa shape index (κ2) is 8.67. The molecule has 6 nitrogen and oxygen atoms in total. The van der Waals surface area contributed by atoms with Crippen LogP contribution >= 0.6 is 11.8 Å². The molecule has 2 heterocycles. The van der Waals surface area contributed by atoms with E-state index in [1.807, 2.05) is 48.5 Å². The van der Waals surface area contributed by atoms with Gasteiger partial charge < -0.3 is 15.4 Å². The van der Waals surface area contributed by atoms with Crippen LogP contribution in [0.4, 0.5) is 11.6 Å². The Bertz CT molecular complexity index is 1060. The SMILES string of the molecule is COc1ccc(CCNc2nccc(/C(C#N)=C3\Nc4ccccc4S3)n2)cc1. The van der Waals surface area contributed by atoms with Crippen molar-refractivity contribution in [2.45, 2.75) is 11.3 Å². The fraction of sp³-hybridized carbons (Fsp3) is 0.136. The minimum absolute atomic E-state index is 0.505. The van der Waals surface area contributed by atoms with Crippen molar-refractivity contribution in [1.82, 2.24) is 9.97 Å². The van der Waals surface area contributed by atoms with Crippen LogP contribution in [-0.2, 0) is 6.42 Å². The molecule has 0 fully saturated rings. The van der Waals surface area contributed by atoms with Gasteiger partial charge in [0.15, 0.2) is 0 Å². The first kappa shape index (κ1) is 18.8. The Hall–Kier alpha value is -3.50. The number of hydrogen-bond donors (Lipinski definition) is 2. The minimum atomic E-state index is 0.505. The number of allylic oxidation sites excluding steroid dienone is 1.